The molecular weight excluding hydrogens is 772 g/mol. The molecule has 0 saturated carbocycles. The molecule has 0 fully saturated rings. The van der Waals surface area contributed by atoms with Crippen LogP contribution in [-0.2, 0) is 28.3 Å². The summed E-state index contributed by atoms with van der Waals surface area (Å²) in [6.07, 6.45) is 1.32. The van der Waals surface area contributed by atoms with Gasteiger partial charge in [0.1, 0.15) is 12.5 Å². The van der Waals surface area contributed by atoms with Crippen LogP contribution in [0.2, 0.25) is 0 Å². The van der Waals surface area contributed by atoms with Crippen molar-refractivity contribution < 1.29 is 63.0 Å². The number of carboxylic acids is 2. The highest BCUT2D eigenvalue weighted by Gasteiger charge is 2.57. The smallest absolute Gasteiger partial charge is 0.368 e. The van der Waals surface area contributed by atoms with Crippen LogP contribution in [0.3, 0.4) is 0 Å². The first-order valence-electron chi connectivity index (χ1n) is 14.8. The van der Waals surface area contributed by atoms with Gasteiger partial charge < -0.3 is 45.8 Å². The number of amides is 2. The molecule has 52 heavy (non-hydrogen) atoms. The highest BCUT2D eigenvalue weighted by Crippen LogP contribution is 2.67. The molecule has 0 aliphatic heterocycles. The highest BCUT2D eigenvalue weighted by molar-refractivity contribution is 7.80. The van der Waals surface area contributed by atoms with Gasteiger partial charge in [-0.15, -0.1) is 0 Å². The van der Waals surface area contributed by atoms with E-state index in [0.717, 1.165) is 4.90 Å². The summed E-state index contributed by atoms with van der Waals surface area (Å²) in [6, 6.07) is 6.28. The molecule has 0 radical (unpaired) electrons. The molecular formula is C26H43N9O13P2S2. The summed E-state index contributed by atoms with van der Waals surface area (Å²) in [5, 5.41) is 31.9. The van der Waals surface area contributed by atoms with Gasteiger partial charge in [0.25, 0.3) is 11.0 Å². The number of hydrazine groups is 1. The van der Waals surface area contributed by atoms with Gasteiger partial charge in [-0.2, -0.15) is 5.10 Å². The number of ether oxygens (including phenoxy) is 1. The summed E-state index contributed by atoms with van der Waals surface area (Å²) >= 11 is 9.99. The summed E-state index contributed by atoms with van der Waals surface area (Å²) in [4.78, 5) is 80.0. The van der Waals surface area contributed by atoms with Crippen LogP contribution in [0.4, 0.5) is 0 Å². The fraction of sp³-hybridized carbons (Fsp3) is 0.500. The van der Waals surface area contributed by atoms with E-state index < -0.39 is 70.0 Å². The molecule has 2 atom stereocenters. The number of carboxylic acid groups (broad SMARTS) is 2. The predicted molar refractivity (Wildman–Crippen MR) is 195 cm³/mol. The van der Waals surface area contributed by atoms with Gasteiger partial charge in [0.15, 0.2) is 0 Å². The normalized spacial score (nSPS) is 14.0. The molecule has 292 valence electrons. The lowest BCUT2D eigenvalue weighted by Gasteiger charge is -2.34. The van der Waals surface area contributed by atoms with Crippen LogP contribution in [0.5, 0.6) is 5.75 Å². The maximum atomic E-state index is 12.5. The Balaban J connectivity index is 2.67. The highest BCUT2D eigenvalue weighted by atomic mass is 32.1. The maximum absolute atomic E-state index is 12.5. The zero-order valence-electron chi connectivity index (χ0n) is 28.1. The Kier molecular flexibility index (Phi) is 19.6. The standard InChI is InChI=1S/C26H43N9O13P2S2/c1-33(16-26(42,49(2,43)44)50(45,46)47)17-48-19-5-3-4-18(8-19)10-29-31-25(52)32-30-22(37)13-35(15-24(40)41)7-6-34(14-23(38)39)12-21(36)28-11-20(51)9-27/h3-5,8,10,42H,6-7,9,11-17,27H2,1-2H3,(H,28,36)(H,30,37)(H,38,39)(H,40,41)(H,43,44)(H2,31,32,52)(H2,45,46,47)/b29-10+. The lowest BCUT2D eigenvalue weighted by Crippen LogP contribution is -2.51. The average Bonchev–Trinajstić information content (AvgIpc) is 3.02. The molecule has 2 unspecified atom stereocenters. The molecule has 1 aromatic rings. The molecule has 26 heteroatoms. The van der Waals surface area contributed by atoms with Crippen molar-refractivity contribution >= 4 is 79.3 Å². The summed E-state index contributed by atoms with van der Waals surface area (Å²) < 4.78 is 29.3. The van der Waals surface area contributed by atoms with Crippen molar-refractivity contribution in [1.29, 1.82) is 0 Å². The van der Waals surface area contributed by atoms with E-state index in [4.69, 9.17) is 34.9 Å². The number of nitrogens with two attached hydrogens (primary N) is 1. The zero-order valence-corrected chi connectivity index (χ0v) is 31.5. The minimum atomic E-state index is -5.41. The Hall–Kier alpha value is -3.51. The summed E-state index contributed by atoms with van der Waals surface area (Å²) in [7, 11) is -8.75. The molecule has 2 amide bonds. The lowest BCUT2D eigenvalue weighted by molar-refractivity contribution is -0.141. The second-order valence-corrected chi connectivity index (χ2v) is 16.8. The van der Waals surface area contributed by atoms with Crippen molar-refractivity contribution in [2.45, 2.75) is 5.08 Å². The number of rotatable bonds is 23. The minimum Gasteiger partial charge on any atom is -0.480 e. The number of nitrogens with one attached hydrogen (secondary N) is 4. The average molecular weight is 816 g/mol. The second kappa shape index (κ2) is 21.9. The van der Waals surface area contributed by atoms with Crippen LogP contribution in [-0.4, -0.2) is 169 Å². The number of aliphatic hydroxyl groups is 1. The fourth-order valence-corrected chi connectivity index (χ4v) is 6.97. The van der Waals surface area contributed by atoms with Gasteiger partial charge in [0, 0.05) is 31.2 Å². The molecule has 22 nitrogen and oxygen atoms in total. The molecule has 0 heterocycles. The third kappa shape index (κ3) is 17.8. The second-order valence-electron chi connectivity index (χ2n) is 11.2. The Labute approximate surface area is 308 Å². The third-order valence-electron chi connectivity index (χ3n) is 6.51. The molecule has 0 aliphatic carbocycles. The molecule has 1 aromatic carbocycles. The summed E-state index contributed by atoms with van der Waals surface area (Å²) in [6.45, 7) is -2.48. The number of thiocarbonyl (C=S) groups is 2. The van der Waals surface area contributed by atoms with Crippen LogP contribution < -0.4 is 32.1 Å². The number of hydrogen-bond donors (Lipinski definition) is 11. The largest absolute Gasteiger partial charge is 0.480 e. The van der Waals surface area contributed by atoms with E-state index in [1.165, 1.54) is 29.1 Å². The number of nitrogens with zero attached hydrogens (tertiary/aromatic N) is 4. The Bertz CT molecular complexity index is 1540. The van der Waals surface area contributed by atoms with E-state index in [-0.39, 0.29) is 50.3 Å². The van der Waals surface area contributed by atoms with E-state index >= 15 is 0 Å². The molecule has 0 saturated heterocycles. The Morgan fingerprint density at radius 2 is 1.56 bits per heavy atom. The Morgan fingerprint density at radius 3 is 2.08 bits per heavy atom. The van der Waals surface area contributed by atoms with Gasteiger partial charge in [-0.25, -0.2) is 0 Å². The van der Waals surface area contributed by atoms with E-state index in [1.54, 1.807) is 18.2 Å². The summed E-state index contributed by atoms with van der Waals surface area (Å²) in [5.41, 5.74) is 13.0. The molecule has 0 spiro atoms. The molecule has 1 rings (SSSR count). The SMILES string of the molecule is CN(COc1cccc(/C=N/NC(=S)NNC(=O)CN(CCN(CC(=O)O)CC(=O)NCC(=S)CN)CC(=O)O)c1)CC(O)(P(C)(=O)O)P(=O)(O)O. The topological polar surface area (TPSA) is 329 Å². The molecule has 0 bridgehead atoms. The Morgan fingerprint density at radius 1 is 0.981 bits per heavy atom. The first-order valence-corrected chi connectivity index (χ1v) is 19.3. The van der Waals surface area contributed by atoms with Crippen LogP contribution in [0.1, 0.15) is 5.56 Å². The van der Waals surface area contributed by atoms with E-state index in [9.17, 15) is 58.3 Å². The van der Waals surface area contributed by atoms with Crippen LogP contribution in [0, 0.1) is 0 Å². The number of carbonyl (C=O) groups is 4. The number of likely N-dealkylation sites (N-methyl/N-ethyl adjacent to an activating group) is 1. The van der Waals surface area contributed by atoms with Crippen molar-refractivity contribution in [3.05, 3.63) is 29.8 Å². The minimum absolute atomic E-state index is 0.0339. The van der Waals surface area contributed by atoms with E-state index in [0.29, 0.717) is 17.1 Å². The van der Waals surface area contributed by atoms with E-state index in [1.807, 2.05) is 0 Å². The van der Waals surface area contributed by atoms with Crippen LogP contribution >= 0.6 is 39.4 Å². The number of hydrazone groups is 1. The van der Waals surface area contributed by atoms with Crippen molar-refractivity contribution in [1.82, 2.24) is 36.3 Å². The predicted octanol–water partition coefficient (Wildman–Crippen LogP) is -3.27. The van der Waals surface area contributed by atoms with Gasteiger partial charge in [-0.1, -0.05) is 24.4 Å². The first kappa shape index (κ1) is 46.5. The quantitative estimate of drug-likeness (QED) is 0.0170. The fourth-order valence-electron chi connectivity index (χ4n) is 3.93. The number of hydrogen-bond acceptors (Lipinski definition) is 15. The van der Waals surface area contributed by atoms with Gasteiger partial charge in [-0.05, 0) is 37.0 Å². The third-order valence-corrected chi connectivity index (χ3v) is 11.5. The monoisotopic (exact) mass is 815 g/mol. The first-order chi connectivity index (χ1) is 24.1. The van der Waals surface area contributed by atoms with Crippen LogP contribution in [0.25, 0.3) is 0 Å². The number of benzene rings is 1. The van der Waals surface area contributed by atoms with Crippen molar-refractivity contribution in [2.24, 2.45) is 10.8 Å². The maximum Gasteiger partial charge on any atom is 0.368 e. The van der Waals surface area contributed by atoms with E-state index in [2.05, 4.69) is 26.7 Å². The van der Waals surface area contributed by atoms with Gasteiger partial charge in [0.2, 0.25) is 18.4 Å². The lowest BCUT2D eigenvalue weighted by atomic mass is 10.2. The van der Waals surface area contributed by atoms with Crippen molar-refractivity contribution in [2.75, 3.05) is 79.3 Å². The van der Waals surface area contributed by atoms with Crippen molar-refractivity contribution in [3.63, 3.8) is 0 Å². The zero-order chi connectivity index (χ0) is 39.7. The van der Waals surface area contributed by atoms with Crippen molar-refractivity contribution in [3.8, 4) is 5.75 Å². The number of aliphatic carboxylic acids is 2. The van der Waals surface area contributed by atoms with Gasteiger partial charge >= 0.3 is 19.5 Å². The molecule has 12 N–H and O–H groups in total. The molecule has 0 aromatic heterocycles. The summed E-state index contributed by atoms with van der Waals surface area (Å²) in [5.74, 6) is -3.45. The van der Waals surface area contributed by atoms with Gasteiger partial charge in [0.05, 0.1) is 45.5 Å². The molecule has 0 aliphatic rings. The number of carbonyl (C=O) groups excluding carboxylic acids is 2. The van der Waals surface area contributed by atoms with Crippen LogP contribution in [0.15, 0.2) is 29.4 Å². The van der Waals surface area contributed by atoms with Gasteiger partial charge in [-0.3, -0.25) is 59.3 Å².